The molecule has 166 valence electrons. The summed E-state index contributed by atoms with van der Waals surface area (Å²) < 4.78 is 9.01. The minimum atomic E-state index is -0.269. The van der Waals surface area contributed by atoms with Crippen molar-refractivity contribution in [3.05, 3.63) is 114 Å². The second-order valence-electron chi connectivity index (χ2n) is 9.06. The molecule has 3 heterocycles. The Morgan fingerprint density at radius 2 is 1.59 bits per heavy atom. The summed E-state index contributed by atoms with van der Waals surface area (Å²) in [6.07, 6.45) is 0.604. The Hall–Kier alpha value is -4.05. The lowest BCUT2D eigenvalue weighted by Gasteiger charge is -2.38. The summed E-state index contributed by atoms with van der Waals surface area (Å²) in [5, 5.41) is 9.84. The third-order valence-corrected chi connectivity index (χ3v) is 7.20. The Bertz CT molecular complexity index is 1570. The molecule has 7 rings (SSSR count). The first-order valence-electron chi connectivity index (χ1n) is 12.0. The van der Waals surface area contributed by atoms with Gasteiger partial charge in [-0.3, -0.25) is 0 Å². The molecule has 0 saturated heterocycles. The number of hydrazone groups is 1. The lowest BCUT2D eigenvalue weighted by atomic mass is 9.96. The van der Waals surface area contributed by atoms with Crippen LogP contribution in [0, 0.1) is 0 Å². The third kappa shape index (κ3) is 2.81. The van der Waals surface area contributed by atoms with Crippen LogP contribution in [0.1, 0.15) is 42.3 Å². The zero-order valence-electron chi connectivity index (χ0n) is 19.1. The number of nitrogens with zero attached hydrogens (tertiary/aromatic N) is 3. The van der Waals surface area contributed by atoms with Crippen molar-refractivity contribution in [2.45, 2.75) is 32.2 Å². The van der Waals surface area contributed by atoms with Crippen molar-refractivity contribution in [2.75, 3.05) is 0 Å². The zero-order chi connectivity index (χ0) is 22.6. The average Bonchev–Trinajstić information content (AvgIpc) is 3.48. The lowest BCUT2D eigenvalue weighted by molar-refractivity contribution is -0.0189. The molecule has 2 aliphatic heterocycles. The highest BCUT2D eigenvalue weighted by Gasteiger charge is 2.40. The van der Waals surface area contributed by atoms with Gasteiger partial charge in [-0.1, -0.05) is 72.8 Å². The maximum Gasteiger partial charge on any atom is 0.213 e. The summed E-state index contributed by atoms with van der Waals surface area (Å²) >= 11 is 0. The van der Waals surface area contributed by atoms with Crippen LogP contribution in [0.15, 0.2) is 102 Å². The van der Waals surface area contributed by atoms with E-state index in [1.54, 1.807) is 0 Å². The average molecular weight is 444 g/mol. The van der Waals surface area contributed by atoms with Crippen molar-refractivity contribution < 1.29 is 4.74 Å². The van der Waals surface area contributed by atoms with E-state index in [1.165, 1.54) is 32.9 Å². The normalized spacial score (nSPS) is 19.1. The molecule has 34 heavy (non-hydrogen) atoms. The molecule has 4 aromatic carbocycles. The van der Waals surface area contributed by atoms with Gasteiger partial charge in [-0.2, -0.15) is 5.10 Å². The highest BCUT2D eigenvalue weighted by Crippen LogP contribution is 2.48. The number of fused-ring (bicyclic) bond motifs is 6. The molecule has 4 nitrogen and oxygen atoms in total. The fourth-order valence-electron chi connectivity index (χ4n) is 5.62. The lowest BCUT2D eigenvalue weighted by Crippen LogP contribution is -2.33. The first-order valence-corrected chi connectivity index (χ1v) is 12.0. The van der Waals surface area contributed by atoms with Crippen LogP contribution in [0.5, 0.6) is 5.75 Å². The quantitative estimate of drug-likeness (QED) is 0.299. The molecule has 0 radical (unpaired) electrons. The molecule has 0 aliphatic carbocycles. The van der Waals surface area contributed by atoms with Crippen LogP contribution in [-0.2, 0) is 6.54 Å². The van der Waals surface area contributed by atoms with Gasteiger partial charge in [0.15, 0.2) is 0 Å². The zero-order valence-corrected chi connectivity index (χ0v) is 19.1. The summed E-state index contributed by atoms with van der Waals surface area (Å²) in [5.74, 6) is 0.953. The molecule has 1 aromatic heterocycles. The van der Waals surface area contributed by atoms with Crippen LogP contribution in [0.4, 0.5) is 0 Å². The monoisotopic (exact) mass is 443 g/mol. The van der Waals surface area contributed by atoms with Crippen molar-refractivity contribution in [3.63, 3.8) is 0 Å². The molecule has 0 bridgehead atoms. The fraction of sp³-hybridized carbons (Fsp3) is 0.167. The Kier molecular flexibility index (Phi) is 4.28. The van der Waals surface area contributed by atoms with E-state index in [9.17, 15) is 0 Å². The molecule has 0 unspecified atom stereocenters. The predicted molar refractivity (Wildman–Crippen MR) is 137 cm³/mol. The second-order valence-corrected chi connectivity index (χ2v) is 9.06. The van der Waals surface area contributed by atoms with Gasteiger partial charge in [0.1, 0.15) is 5.75 Å². The number of benzene rings is 4. The van der Waals surface area contributed by atoms with Crippen LogP contribution >= 0.6 is 0 Å². The molecular weight excluding hydrogens is 418 g/mol. The SMILES string of the molecule is CCn1c2ccccc2c2cc([C@@H]3Oc4ccccc4[C@@H]4CC(c5ccccc5)=NN43)ccc21. The number of aromatic nitrogens is 1. The van der Waals surface area contributed by atoms with Crippen LogP contribution < -0.4 is 4.74 Å². The van der Waals surface area contributed by atoms with E-state index in [1.807, 2.05) is 0 Å². The van der Waals surface area contributed by atoms with E-state index < -0.39 is 0 Å². The first-order chi connectivity index (χ1) is 16.8. The largest absolute Gasteiger partial charge is 0.464 e. The summed E-state index contributed by atoms with van der Waals surface area (Å²) in [5.41, 5.74) is 7.15. The Balaban J connectivity index is 1.39. The third-order valence-electron chi connectivity index (χ3n) is 7.20. The van der Waals surface area contributed by atoms with Crippen LogP contribution in [-0.4, -0.2) is 15.3 Å². The van der Waals surface area contributed by atoms with Crippen molar-refractivity contribution in [3.8, 4) is 5.75 Å². The van der Waals surface area contributed by atoms with E-state index in [0.717, 1.165) is 30.0 Å². The number of rotatable bonds is 3. The maximum absolute atomic E-state index is 6.62. The number of para-hydroxylation sites is 2. The van der Waals surface area contributed by atoms with E-state index in [4.69, 9.17) is 9.84 Å². The van der Waals surface area contributed by atoms with Crippen LogP contribution in [0.3, 0.4) is 0 Å². The Morgan fingerprint density at radius 3 is 2.47 bits per heavy atom. The second kappa shape index (κ2) is 7.49. The van der Waals surface area contributed by atoms with Gasteiger partial charge >= 0.3 is 0 Å². The van der Waals surface area contributed by atoms with E-state index >= 15 is 0 Å². The van der Waals surface area contributed by atoms with Crippen molar-refractivity contribution in [1.29, 1.82) is 0 Å². The number of aryl methyl sites for hydroxylation is 1. The van der Waals surface area contributed by atoms with Gasteiger partial charge in [0, 0.05) is 45.9 Å². The topological polar surface area (TPSA) is 29.8 Å². The van der Waals surface area contributed by atoms with Gasteiger partial charge in [0.25, 0.3) is 0 Å². The van der Waals surface area contributed by atoms with Gasteiger partial charge < -0.3 is 9.30 Å². The van der Waals surface area contributed by atoms with Crippen LogP contribution in [0.25, 0.3) is 21.8 Å². The molecule has 2 atom stereocenters. The maximum atomic E-state index is 6.62. The minimum absolute atomic E-state index is 0.165. The highest BCUT2D eigenvalue weighted by molar-refractivity contribution is 6.08. The molecule has 0 N–H and O–H groups in total. The molecule has 4 heteroatoms. The summed E-state index contributed by atoms with van der Waals surface area (Å²) in [4.78, 5) is 0. The smallest absolute Gasteiger partial charge is 0.213 e. The number of hydrogen-bond donors (Lipinski definition) is 0. The fourth-order valence-corrected chi connectivity index (χ4v) is 5.62. The van der Waals surface area contributed by atoms with E-state index in [0.29, 0.717) is 0 Å². The molecule has 0 amide bonds. The van der Waals surface area contributed by atoms with Gasteiger partial charge in [0.2, 0.25) is 6.23 Å². The molecule has 0 fully saturated rings. The summed E-state index contributed by atoms with van der Waals surface area (Å²) in [7, 11) is 0. The van der Waals surface area contributed by atoms with Crippen molar-refractivity contribution in [1.82, 2.24) is 9.58 Å². The van der Waals surface area contributed by atoms with Crippen LogP contribution in [0.2, 0.25) is 0 Å². The van der Waals surface area contributed by atoms with Gasteiger partial charge in [0.05, 0.1) is 11.8 Å². The summed E-state index contributed by atoms with van der Waals surface area (Å²) in [6, 6.07) is 34.5. The van der Waals surface area contributed by atoms with Gasteiger partial charge in [-0.05, 0) is 36.8 Å². The number of ether oxygens (including phenoxy) is 1. The van der Waals surface area contributed by atoms with Crippen molar-refractivity contribution in [2.24, 2.45) is 5.10 Å². The van der Waals surface area contributed by atoms with E-state index in [-0.39, 0.29) is 12.3 Å². The summed E-state index contributed by atoms with van der Waals surface area (Å²) in [6.45, 7) is 3.14. The molecule has 2 aliphatic rings. The van der Waals surface area contributed by atoms with E-state index in [2.05, 4.69) is 114 Å². The van der Waals surface area contributed by atoms with Gasteiger partial charge in [-0.15, -0.1) is 0 Å². The molecule has 0 saturated carbocycles. The predicted octanol–water partition coefficient (Wildman–Crippen LogP) is 7.06. The Labute approximate surface area is 198 Å². The van der Waals surface area contributed by atoms with Crippen molar-refractivity contribution >= 4 is 27.5 Å². The highest BCUT2D eigenvalue weighted by atomic mass is 16.5. The molecule has 5 aromatic rings. The number of hydrogen-bond acceptors (Lipinski definition) is 3. The first kappa shape index (κ1) is 19.4. The molecule has 0 spiro atoms. The minimum Gasteiger partial charge on any atom is -0.464 e. The standard InChI is InChI=1S/C30H25N3O/c1-2-32-26-14-8-6-12-22(26)24-18-21(16-17-27(24)32)30-33-28(23-13-7-9-15-29(23)34-30)19-25(31-33)20-10-4-3-5-11-20/h3-18,28,30H,2,19H2,1H3/t28-,30-/m0/s1. The Morgan fingerprint density at radius 1 is 0.824 bits per heavy atom. The molecular formula is C30H25N3O. The van der Waals surface area contributed by atoms with Gasteiger partial charge in [-0.25, -0.2) is 5.01 Å².